The predicted octanol–water partition coefficient (Wildman–Crippen LogP) is 2.39. The second kappa shape index (κ2) is 13.3. The minimum absolute atomic E-state index is 0.0874. The normalized spacial score (nSPS) is 16.8. The molecule has 3 heterocycles. The molecule has 0 radical (unpaired) electrons. The molecule has 0 bridgehead atoms. The van der Waals surface area contributed by atoms with Crippen LogP contribution in [0.1, 0.15) is 21.6 Å². The largest absolute Gasteiger partial charge is 0.486 e. The number of hydrogen-bond donors (Lipinski definition) is 1. The summed E-state index contributed by atoms with van der Waals surface area (Å²) in [5.41, 5.74) is -1.56. The number of benzene rings is 2. The maximum Gasteiger partial charge on any atom is 0.411 e. The van der Waals surface area contributed by atoms with Crippen LogP contribution in [0.25, 0.3) is 11.1 Å². The Bertz CT molecular complexity index is 1870. The minimum Gasteiger partial charge on any atom is -0.486 e. The SMILES string of the molecule is COC(=O)[C@H](Cc1ccc(-c2c(C)n(C)c(=O)n(C)c2=O)c2c1OCCO2)NC(=O)c1c(F)cc(N2CCOC[C@@H]2C(F)(F)F)cc1F. The van der Waals surface area contributed by atoms with Gasteiger partial charge in [-0.3, -0.25) is 14.2 Å². The molecule has 0 unspecified atom stereocenters. The van der Waals surface area contributed by atoms with Crippen molar-refractivity contribution >= 4 is 17.6 Å². The van der Waals surface area contributed by atoms with Gasteiger partial charge < -0.3 is 33.7 Å². The van der Waals surface area contributed by atoms with Gasteiger partial charge in [0.05, 0.1) is 25.9 Å². The molecule has 1 aromatic heterocycles. The Kier molecular flexibility index (Phi) is 9.53. The molecule has 2 aliphatic rings. The van der Waals surface area contributed by atoms with E-state index in [4.69, 9.17) is 18.9 Å². The van der Waals surface area contributed by atoms with Crippen LogP contribution >= 0.6 is 0 Å². The fraction of sp³-hybridized carbons (Fsp3) is 0.419. The van der Waals surface area contributed by atoms with Gasteiger partial charge in [-0.05, 0) is 25.1 Å². The van der Waals surface area contributed by atoms with Crippen molar-refractivity contribution in [2.45, 2.75) is 31.6 Å². The topological polar surface area (TPSA) is 130 Å². The van der Waals surface area contributed by atoms with Crippen LogP contribution in [-0.2, 0) is 34.8 Å². The average Bonchev–Trinajstić information content (AvgIpc) is 3.05. The summed E-state index contributed by atoms with van der Waals surface area (Å²) in [6.45, 7) is 0.629. The van der Waals surface area contributed by atoms with Crippen molar-refractivity contribution in [2.75, 3.05) is 45.0 Å². The summed E-state index contributed by atoms with van der Waals surface area (Å²) in [5, 5.41) is 2.24. The lowest BCUT2D eigenvalue weighted by molar-refractivity contribution is -0.167. The molecular formula is C31H31F5N4O8. The Morgan fingerprint density at radius 1 is 1.02 bits per heavy atom. The monoisotopic (exact) mass is 682 g/mol. The van der Waals surface area contributed by atoms with Gasteiger partial charge in [0.2, 0.25) is 0 Å². The summed E-state index contributed by atoms with van der Waals surface area (Å²) in [4.78, 5) is 52.3. The number of esters is 1. The zero-order valence-electron chi connectivity index (χ0n) is 26.2. The second-order valence-corrected chi connectivity index (χ2v) is 11.2. The quantitative estimate of drug-likeness (QED) is 0.295. The van der Waals surface area contributed by atoms with Crippen LogP contribution < -0.4 is 30.9 Å². The molecule has 0 aliphatic carbocycles. The van der Waals surface area contributed by atoms with E-state index in [1.807, 2.05) is 0 Å². The maximum atomic E-state index is 15.2. The second-order valence-electron chi connectivity index (χ2n) is 11.2. The molecule has 1 fully saturated rings. The summed E-state index contributed by atoms with van der Waals surface area (Å²) in [6.07, 6.45) is -5.08. The third-order valence-corrected chi connectivity index (χ3v) is 8.30. The maximum absolute atomic E-state index is 15.2. The number of anilines is 1. The van der Waals surface area contributed by atoms with Crippen LogP contribution in [0.4, 0.5) is 27.6 Å². The van der Waals surface area contributed by atoms with Crippen LogP contribution in [-0.4, -0.2) is 79.4 Å². The highest BCUT2D eigenvalue weighted by Gasteiger charge is 2.46. The summed E-state index contributed by atoms with van der Waals surface area (Å²) in [6, 6.07) is 0.567. The summed E-state index contributed by atoms with van der Waals surface area (Å²) < 4.78 is 94.8. The van der Waals surface area contributed by atoms with Gasteiger partial charge in [-0.2, -0.15) is 13.2 Å². The molecule has 258 valence electrons. The number of morpholine rings is 1. The van der Waals surface area contributed by atoms with Gasteiger partial charge in [-0.1, -0.05) is 6.07 Å². The van der Waals surface area contributed by atoms with Gasteiger partial charge in [0.15, 0.2) is 11.5 Å². The first kappa shape index (κ1) is 34.4. The number of hydrogen-bond acceptors (Lipinski definition) is 9. The fourth-order valence-electron chi connectivity index (χ4n) is 5.72. The number of rotatable bonds is 7. The standard InChI is InChI=1S/C31H31F5N4O8/c1-15-23(28(42)39(3)30(44)38(15)2)18-6-5-16(25-26(18)48-10-9-47-25)11-21(29(43)45-4)37-27(41)24-19(32)12-17(13-20(24)33)40-7-8-46-14-22(40)31(34,35)36/h5-6,12-13,21-22H,7-11,14H2,1-4H3,(H,37,41)/t21-,22+/m0/s1. The van der Waals surface area contributed by atoms with Gasteiger partial charge in [0.25, 0.3) is 11.5 Å². The van der Waals surface area contributed by atoms with E-state index >= 15 is 8.78 Å². The molecule has 1 amide bonds. The third kappa shape index (κ3) is 6.33. The Morgan fingerprint density at radius 3 is 2.29 bits per heavy atom. The molecule has 12 nitrogen and oxygen atoms in total. The summed E-state index contributed by atoms with van der Waals surface area (Å²) in [7, 11) is 3.87. The molecule has 0 saturated carbocycles. The third-order valence-electron chi connectivity index (χ3n) is 8.30. The van der Waals surface area contributed by atoms with Crippen LogP contribution in [0.3, 0.4) is 0 Å². The lowest BCUT2D eigenvalue weighted by Gasteiger charge is -2.38. The molecule has 0 spiro atoms. The van der Waals surface area contributed by atoms with E-state index in [-0.39, 0.29) is 49.8 Å². The van der Waals surface area contributed by atoms with Crippen LogP contribution in [0, 0.1) is 18.6 Å². The van der Waals surface area contributed by atoms with Crippen LogP contribution in [0.2, 0.25) is 0 Å². The molecule has 3 aromatic rings. The number of amides is 1. The van der Waals surface area contributed by atoms with Gasteiger partial charge in [-0.25, -0.2) is 18.4 Å². The first-order valence-corrected chi connectivity index (χ1v) is 14.6. The molecular weight excluding hydrogens is 651 g/mol. The molecule has 2 aliphatic heterocycles. The molecule has 5 rings (SSSR count). The molecule has 2 atom stereocenters. The Hall–Kier alpha value is -4.93. The number of alkyl halides is 3. The molecule has 1 saturated heterocycles. The Balaban J connectivity index is 1.47. The Labute approximate surface area is 269 Å². The van der Waals surface area contributed by atoms with Gasteiger partial charge in [0.1, 0.15) is 42.5 Å². The smallest absolute Gasteiger partial charge is 0.411 e. The number of ether oxygens (including phenoxy) is 4. The van der Waals surface area contributed by atoms with Crippen molar-refractivity contribution in [3.8, 4) is 22.6 Å². The molecule has 17 heteroatoms. The first-order valence-electron chi connectivity index (χ1n) is 14.6. The van der Waals surface area contributed by atoms with E-state index in [1.54, 1.807) is 6.92 Å². The van der Waals surface area contributed by atoms with Crippen molar-refractivity contribution in [3.63, 3.8) is 0 Å². The van der Waals surface area contributed by atoms with Gasteiger partial charge in [-0.15, -0.1) is 0 Å². The summed E-state index contributed by atoms with van der Waals surface area (Å²) in [5.74, 6) is -4.99. The van der Waals surface area contributed by atoms with Crippen molar-refractivity contribution in [1.29, 1.82) is 0 Å². The van der Waals surface area contributed by atoms with E-state index in [9.17, 15) is 32.3 Å². The van der Waals surface area contributed by atoms with E-state index in [0.29, 0.717) is 29.0 Å². The van der Waals surface area contributed by atoms with Gasteiger partial charge in [0, 0.05) is 49.6 Å². The van der Waals surface area contributed by atoms with Gasteiger partial charge >= 0.3 is 17.8 Å². The molecule has 2 aromatic carbocycles. The number of aromatic nitrogens is 2. The van der Waals surface area contributed by atoms with E-state index in [2.05, 4.69) is 5.32 Å². The highest BCUT2D eigenvalue weighted by atomic mass is 19.4. The lowest BCUT2D eigenvalue weighted by Crippen LogP contribution is -2.53. The number of fused-ring (bicyclic) bond motifs is 1. The fourth-order valence-corrected chi connectivity index (χ4v) is 5.72. The number of carbonyl (C=O) groups is 2. The summed E-state index contributed by atoms with van der Waals surface area (Å²) >= 11 is 0. The first-order chi connectivity index (χ1) is 22.6. The number of nitrogens with one attached hydrogen (secondary N) is 1. The molecule has 48 heavy (non-hydrogen) atoms. The lowest BCUT2D eigenvalue weighted by atomic mass is 9.97. The van der Waals surface area contributed by atoms with Crippen molar-refractivity contribution in [1.82, 2.24) is 14.5 Å². The van der Waals surface area contributed by atoms with E-state index in [1.165, 1.54) is 30.8 Å². The van der Waals surface area contributed by atoms with Crippen molar-refractivity contribution < 1.29 is 50.5 Å². The zero-order valence-corrected chi connectivity index (χ0v) is 26.2. The zero-order chi connectivity index (χ0) is 35.1. The highest BCUT2D eigenvalue weighted by Crippen LogP contribution is 2.43. The molecule has 1 N–H and O–H groups in total. The van der Waals surface area contributed by atoms with E-state index in [0.717, 1.165) is 16.6 Å². The number of carbonyl (C=O) groups excluding carboxylic acids is 2. The highest BCUT2D eigenvalue weighted by molar-refractivity contribution is 5.97. The number of nitrogens with zero attached hydrogens (tertiary/aromatic N) is 3. The van der Waals surface area contributed by atoms with E-state index < -0.39 is 70.9 Å². The Morgan fingerprint density at radius 2 is 1.67 bits per heavy atom. The van der Waals surface area contributed by atoms with Crippen molar-refractivity contribution in [3.05, 3.63) is 73.6 Å². The van der Waals surface area contributed by atoms with Crippen LogP contribution in [0.15, 0.2) is 33.9 Å². The minimum atomic E-state index is -4.75. The average molecular weight is 683 g/mol. The van der Waals surface area contributed by atoms with Crippen molar-refractivity contribution in [2.24, 2.45) is 14.1 Å². The predicted molar refractivity (Wildman–Crippen MR) is 159 cm³/mol. The van der Waals surface area contributed by atoms with Crippen LogP contribution in [0.5, 0.6) is 11.5 Å². The number of halogens is 5. The number of methoxy groups -OCH3 is 1.